The van der Waals surface area contributed by atoms with Gasteiger partial charge >= 0.3 is 0 Å². The van der Waals surface area contributed by atoms with E-state index in [9.17, 15) is 8.42 Å². The van der Waals surface area contributed by atoms with Crippen molar-refractivity contribution in [3.05, 3.63) is 42.7 Å². The van der Waals surface area contributed by atoms with Crippen LogP contribution in [0.1, 0.15) is 25.7 Å². The molecule has 7 heteroatoms. The van der Waals surface area contributed by atoms with Crippen LogP contribution in [-0.4, -0.2) is 42.2 Å². The van der Waals surface area contributed by atoms with Crippen molar-refractivity contribution >= 4 is 10.0 Å². The number of benzene rings is 1. The fourth-order valence-electron chi connectivity index (χ4n) is 3.19. The van der Waals surface area contributed by atoms with E-state index in [2.05, 4.69) is 5.10 Å². The van der Waals surface area contributed by atoms with Crippen LogP contribution >= 0.6 is 0 Å². The standard InChI is InChI=1S/C17H23N3O3S/c1-23-16-7-4-8-17(14-16)24(21,22)20-12-3-2-6-15(20)9-13-19-11-5-10-18-19/h4-5,7-8,10-11,14-15H,2-3,6,9,12-13H2,1H3/t15-/m0/s1. The molecule has 1 aromatic carbocycles. The van der Waals surface area contributed by atoms with Gasteiger partial charge in [-0.05, 0) is 37.5 Å². The van der Waals surface area contributed by atoms with Crippen molar-refractivity contribution in [1.82, 2.24) is 14.1 Å². The lowest BCUT2D eigenvalue weighted by molar-refractivity contribution is 0.231. The number of nitrogens with zero attached hydrogens (tertiary/aromatic N) is 3. The number of aromatic nitrogens is 2. The summed E-state index contributed by atoms with van der Waals surface area (Å²) in [6.45, 7) is 1.30. The van der Waals surface area contributed by atoms with E-state index >= 15 is 0 Å². The van der Waals surface area contributed by atoms with Gasteiger partial charge in [-0.15, -0.1) is 0 Å². The Morgan fingerprint density at radius 1 is 1.29 bits per heavy atom. The van der Waals surface area contributed by atoms with Crippen molar-refractivity contribution in [1.29, 1.82) is 0 Å². The summed E-state index contributed by atoms with van der Waals surface area (Å²) in [7, 11) is -1.97. The smallest absolute Gasteiger partial charge is 0.243 e. The first-order valence-corrected chi connectivity index (χ1v) is 9.68. The summed E-state index contributed by atoms with van der Waals surface area (Å²) >= 11 is 0. The first-order chi connectivity index (χ1) is 11.6. The van der Waals surface area contributed by atoms with Crippen LogP contribution in [0.25, 0.3) is 0 Å². The highest BCUT2D eigenvalue weighted by Crippen LogP contribution is 2.28. The first kappa shape index (κ1) is 17.0. The normalized spacial score (nSPS) is 19.3. The van der Waals surface area contributed by atoms with Crippen molar-refractivity contribution in [3.63, 3.8) is 0 Å². The number of sulfonamides is 1. The number of hydrogen-bond donors (Lipinski definition) is 0. The molecule has 0 aliphatic carbocycles. The van der Waals surface area contributed by atoms with Crippen molar-refractivity contribution in [2.24, 2.45) is 0 Å². The van der Waals surface area contributed by atoms with Gasteiger partial charge in [-0.2, -0.15) is 9.40 Å². The molecule has 0 N–H and O–H groups in total. The average molecular weight is 349 g/mol. The van der Waals surface area contributed by atoms with Crippen LogP contribution in [0.5, 0.6) is 5.75 Å². The number of methoxy groups -OCH3 is 1. The zero-order chi connectivity index (χ0) is 17.0. The Bertz CT molecular complexity index is 759. The van der Waals surface area contributed by atoms with Crippen molar-refractivity contribution < 1.29 is 13.2 Å². The largest absolute Gasteiger partial charge is 0.497 e. The van der Waals surface area contributed by atoms with Crippen LogP contribution in [0, 0.1) is 0 Å². The summed E-state index contributed by atoms with van der Waals surface area (Å²) < 4.78 is 34.8. The van der Waals surface area contributed by atoms with Gasteiger partial charge in [0.05, 0.1) is 12.0 Å². The average Bonchev–Trinajstić information content (AvgIpc) is 3.14. The lowest BCUT2D eigenvalue weighted by Gasteiger charge is -2.34. The molecule has 0 saturated carbocycles. The van der Waals surface area contributed by atoms with Crippen LogP contribution < -0.4 is 4.74 Å². The van der Waals surface area contributed by atoms with Crippen LogP contribution in [0.15, 0.2) is 47.6 Å². The van der Waals surface area contributed by atoms with Crippen molar-refractivity contribution in [2.45, 2.75) is 43.2 Å². The zero-order valence-corrected chi connectivity index (χ0v) is 14.7. The Morgan fingerprint density at radius 2 is 2.17 bits per heavy atom. The predicted octanol–water partition coefficient (Wildman–Crippen LogP) is 2.53. The zero-order valence-electron chi connectivity index (χ0n) is 13.8. The van der Waals surface area contributed by atoms with Gasteiger partial charge in [-0.1, -0.05) is 12.5 Å². The second-order valence-corrected chi connectivity index (χ2v) is 7.89. The van der Waals surface area contributed by atoms with Crippen LogP contribution in [0.4, 0.5) is 0 Å². The molecular weight excluding hydrogens is 326 g/mol. The second kappa shape index (κ2) is 7.36. The van der Waals surface area contributed by atoms with E-state index in [4.69, 9.17) is 4.74 Å². The molecule has 0 amide bonds. The van der Waals surface area contributed by atoms with Gasteiger partial charge < -0.3 is 4.74 Å². The molecule has 1 aliphatic rings. The molecule has 6 nitrogen and oxygen atoms in total. The van der Waals surface area contributed by atoms with Gasteiger partial charge in [0.1, 0.15) is 5.75 Å². The molecule has 1 aliphatic heterocycles. The summed E-state index contributed by atoms with van der Waals surface area (Å²) in [5, 5.41) is 4.20. The Balaban J connectivity index is 1.80. The van der Waals surface area contributed by atoms with Crippen LogP contribution in [0.2, 0.25) is 0 Å². The lowest BCUT2D eigenvalue weighted by atomic mass is 10.0. The maximum absolute atomic E-state index is 13.1. The molecular formula is C17H23N3O3S. The third-order valence-electron chi connectivity index (χ3n) is 4.47. The highest BCUT2D eigenvalue weighted by molar-refractivity contribution is 7.89. The van der Waals surface area contributed by atoms with E-state index in [1.807, 2.05) is 16.9 Å². The van der Waals surface area contributed by atoms with E-state index in [1.165, 1.54) is 0 Å². The molecule has 3 rings (SSSR count). The van der Waals surface area contributed by atoms with E-state index in [-0.39, 0.29) is 6.04 Å². The minimum Gasteiger partial charge on any atom is -0.497 e. The maximum atomic E-state index is 13.1. The third-order valence-corrected chi connectivity index (χ3v) is 6.42. The van der Waals surface area contributed by atoms with Crippen LogP contribution in [0.3, 0.4) is 0 Å². The maximum Gasteiger partial charge on any atom is 0.243 e. The number of piperidine rings is 1. The quantitative estimate of drug-likeness (QED) is 0.804. The topological polar surface area (TPSA) is 64.4 Å². The number of rotatable bonds is 6. The third kappa shape index (κ3) is 3.62. The van der Waals surface area contributed by atoms with E-state index < -0.39 is 10.0 Å². The van der Waals surface area contributed by atoms with Crippen molar-refractivity contribution in [2.75, 3.05) is 13.7 Å². The Morgan fingerprint density at radius 3 is 2.92 bits per heavy atom. The van der Waals surface area contributed by atoms with Crippen molar-refractivity contribution in [3.8, 4) is 5.75 Å². The summed E-state index contributed by atoms with van der Waals surface area (Å²) in [5.74, 6) is 0.557. The Hall–Kier alpha value is -1.86. The molecule has 2 heterocycles. The van der Waals surface area contributed by atoms with Gasteiger partial charge in [0.2, 0.25) is 10.0 Å². The molecule has 2 aromatic rings. The minimum absolute atomic E-state index is 0.0131. The molecule has 24 heavy (non-hydrogen) atoms. The molecule has 130 valence electrons. The Labute approximate surface area is 143 Å². The highest BCUT2D eigenvalue weighted by Gasteiger charge is 2.33. The molecule has 1 atom stereocenters. The van der Waals surface area contributed by atoms with Crippen LogP contribution in [-0.2, 0) is 16.6 Å². The van der Waals surface area contributed by atoms with Gasteiger partial charge in [0.25, 0.3) is 0 Å². The van der Waals surface area contributed by atoms with E-state index in [0.717, 1.165) is 32.2 Å². The lowest BCUT2D eigenvalue weighted by Crippen LogP contribution is -2.44. The summed E-state index contributed by atoms with van der Waals surface area (Å²) in [6, 6.07) is 8.59. The molecule has 0 spiro atoms. The van der Waals surface area contributed by atoms with Gasteiger partial charge in [0, 0.05) is 37.6 Å². The van der Waals surface area contributed by atoms with E-state index in [1.54, 1.807) is 41.9 Å². The monoisotopic (exact) mass is 349 g/mol. The highest BCUT2D eigenvalue weighted by atomic mass is 32.2. The summed E-state index contributed by atoms with van der Waals surface area (Å²) in [4.78, 5) is 0.299. The van der Waals surface area contributed by atoms with Gasteiger partial charge in [0.15, 0.2) is 0 Å². The summed E-state index contributed by atoms with van der Waals surface area (Å²) in [6.07, 6.45) is 7.28. The predicted molar refractivity (Wildman–Crippen MR) is 91.4 cm³/mol. The summed E-state index contributed by atoms with van der Waals surface area (Å²) in [5.41, 5.74) is 0. The number of hydrogen-bond acceptors (Lipinski definition) is 4. The first-order valence-electron chi connectivity index (χ1n) is 8.24. The Kier molecular flexibility index (Phi) is 5.20. The number of aryl methyl sites for hydroxylation is 1. The minimum atomic E-state index is -3.51. The fourth-order valence-corrected chi connectivity index (χ4v) is 4.95. The van der Waals surface area contributed by atoms with Gasteiger partial charge in [-0.3, -0.25) is 4.68 Å². The molecule has 0 radical (unpaired) electrons. The fraction of sp³-hybridized carbons (Fsp3) is 0.471. The SMILES string of the molecule is COc1cccc(S(=O)(=O)N2CCCC[C@H]2CCn2cccn2)c1. The molecule has 1 fully saturated rings. The van der Waals surface area contributed by atoms with Gasteiger partial charge in [-0.25, -0.2) is 8.42 Å². The molecule has 1 saturated heterocycles. The molecule has 0 bridgehead atoms. The molecule has 0 unspecified atom stereocenters. The molecule has 1 aromatic heterocycles. The second-order valence-electron chi connectivity index (χ2n) is 6.00. The number of ether oxygens (including phenoxy) is 1. The van der Waals surface area contributed by atoms with E-state index in [0.29, 0.717) is 17.2 Å².